The van der Waals surface area contributed by atoms with Gasteiger partial charge in [0.05, 0.1) is 5.69 Å². The summed E-state index contributed by atoms with van der Waals surface area (Å²) in [7, 11) is 0. The second kappa shape index (κ2) is 6.80. The van der Waals surface area contributed by atoms with Gasteiger partial charge < -0.3 is 9.80 Å². The molecule has 140 valence electrons. The van der Waals surface area contributed by atoms with E-state index in [0.29, 0.717) is 11.6 Å². The molecule has 2 aromatic heterocycles. The molecular formula is C21H26N6. The van der Waals surface area contributed by atoms with E-state index in [1.807, 2.05) is 12.1 Å². The van der Waals surface area contributed by atoms with Crippen molar-refractivity contribution in [3.8, 4) is 6.07 Å². The van der Waals surface area contributed by atoms with Crippen LogP contribution in [0.2, 0.25) is 0 Å². The summed E-state index contributed by atoms with van der Waals surface area (Å²) in [6.07, 6.45) is 2.42. The Labute approximate surface area is 160 Å². The molecule has 0 bridgehead atoms. The lowest BCUT2D eigenvalue weighted by atomic mass is 9.91. The van der Waals surface area contributed by atoms with Crippen molar-refractivity contribution in [1.29, 1.82) is 5.26 Å². The van der Waals surface area contributed by atoms with Gasteiger partial charge in [-0.1, -0.05) is 26.8 Å². The molecule has 1 saturated heterocycles. The Morgan fingerprint density at radius 1 is 0.963 bits per heavy atom. The van der Waals surface area contributed by atoms with Crippen LogP contribution in [0.4, 0.5) is 11.6 Å². The Balaban J connectivity index is 1.52. The van der Waals surface area contributed by atoms with Gasteiger partial charge in [0.2, 0.25) is 0 Å². The molecule has 0 atom stereocenters. The summed E-state index contributed by atoms with van der Waals surface area (Å²) in [5, 5.41) is 9.07. The molecule has 27 heavy (non-hydrogen) atoms. The third-order valence-electron chi connectivity index (χ3n) is 5.22. The van der Waals surface area contributed by atoms with Crippen LogP contribution in [0.3, 0.4) is 0 Å². The van der Waals surface area contributed by atoms with E-state index in [1.165, 1.54) is 12.8 Å². The van der Waals surface area contributed by atoms with Crippen LogP contribution >= 0.6 is 0 Å². The maximum absolute atomic E-state index is 9.07. The van der Waals surface area contributed by atoms with E-state index in [-0.39, 0.29) is 5.41 Å². The number of aromatic nitrogens is 3. The van der Waals surface area contributed by atoms with Crippen LogP contribution in [-0.4, -0.2) is 41.1 Å². The Morgan fingerprint density at radius 3 is 2.22 bits per heavy atom. The van der Waals surface area contributed by atoms with Crippen LogP contribution in [0.25, 0.3) is 0 Å². The lowest BCUT2D eigenvalue weighted by molar-refractivity contribution is 0.559. The molecule has 1 aliphatic heterocycles. The Bertz CT molecular complexity index is 867. The molecule has 1 saturated carbocycles. The van der Waals surface area contributed by atoms with Crippen LogP contribution in [0.1, 0.15) is 56.7 Å². The molecule has 6 nitrogen and oxygen atoms in total. The number of hydrogen-bond donors (Lipinski definition) is 0. The van der Waals surface area contributed by atoms with Gasteiger partial charge in [0.25, 0.3) is 0 Å². The monoisotopic (exact) mass is 362 g/mol. The molecule has 3 heterocycles. The summed E-state index contributed by atoms with van der Waals surface area (Å²) in [5.41, 5.74) is 1.61. The zero-order valence-corrected chi connectivity index (χ0v) is 16.3. The quantitative estimate of drug-likeness (QED) is 0.835. The summed E-state index contributed by atoms with van der Waals surface area (Å²) >= 11 is 0. The van der Waals surface area contributed by atoms with E-state index >= 15 is 0 Å². The molecule has 0 aromatic carbocycles. The summed E-state index contributed by atoms with van der Waals surface area (Å²) in [4.78, 5) is 18.8. The van der Waals surface area contributed by atoms with Crippen molar-refractivity contribution in [2.45, 2.75) is 44.9 Å². The summed E-state index contributed by atoms with van der Waals surface area (Å²) in [5.74, 6) is 3.49. The molecular weight excluding hydrogens is 336 g/mol. The fourth-order valence-corrected chi connectivity index (χ4v) is 3.35. The maximum Gasteiger partial charge on any atom is 0.142 e. The van der Waals surface area contributed by atoms with Gasteiger partial charge in [-0.25, -0.2) is 15.0 Å². The van der Waals surface area contributed by atoms with Gasteiger partial charge in [0.15, 0.2) is 0 Å². The summed E-state index contributed by atoms with van der Waals surface area (Å²) in [6.45, 7) is 10.2. The molecule has 0 amide bonds. The van der Waals surface area contributed by atoms with Crippen molar-refractivity contribution in [3.05, 3.63) is 41.5 Å². The Morgan fingerprint density at radius 2 is 1.63 bits per heavy atom. The molecule has 1 aliphatic carbocycles. The van der Waals surface area contributed by atoms with Gasteiger partial charge in [-0.2, -0.15) is 5.26 Å². The van der Waals surface area contributed by atoms with Crippen LogP contribution in [0, 0.1) is 11.3 Å². The van der Waals surface area contributed by atoms with Gasteiger partial charge in [-0.3, -0.25) is 0 Å². The van der Waals surface area contributed by atoms with Crippen molar-refractivity contribution in [2.75, 3.05) is 36.0 Å². The van der Waals surface area contributed by atoms with Crippen molar-refractivity contribution in [3.63, 3.8) is 0 Å². The number of nitriles is 1. The third-order valence-corrected chi connectivity index (χ3v) is 5.22. The van der Waals surface area contributed by atoms with Crippen molar-refractivity contribution in [1.82, 2.24) is 15.0 Å². The number of hydrogen-bond acceptors (Lipinski definition) is 6. The molecule has 2 aromatic rings. The van der Waals surface area contributed by atoms with Crippen LogP contribution in [-0.2, 0) is 5.41 Å². The van der Waals surface area contributed by atoms with Crippen molar-refractivity contribution in [2.24, 2.45) is 0 Å². The highest BCUT2D eigenvalue weighted by atomic mass is 15.3. The van der Waals surface area contributed by atoms with Gasteiger partial charge in [0.1, 0.15) is 29.2 Å². The fraction of sp³-hybridized carbons (Fsp3) is 0.524. The lowest BCUT2D eigenvalue weighted by Crippen LogP contribution is -2.47. The lowest BCUT2D eigenvalue weighted by Gasteiger charge is -2.36. The average Bonchev–Trinajstić information content (AvgIpc) is 3.52. The van der Waals surface area contributed by atoms with Crippen LogP contribution < -0.4 is 9.80 Å². The maximum atomic E-state index is 9.07. The Kier molecular flexibility index (Phi) is 4.47. The molecule has 0 N–H and O–H groups in total. The number of rotatable bonds is 3. The van der Waals surface area contributed by atoms with Crippen LogP contribution in [0.15, 0.2) is 24.3 Å². The molecule has 4 rings (SSSR count). The summed E-state index contributed by atoms with van der Waals surface area (Å²) < 4.78 is 0. The van der Waals surface area contributed by atoms with E-state index in [1.54, 1.807) is 6.07 Å². The smallest absolute Gasteiger partial charge is 0.142 e. The average molecular weight is 362 g/mol. The van der Waals surface area contributed by atoms with E-state index in [2.05, 4.69) is 47.7 Å². The molecule has 2 fully saturated rings. The van der Waals surface area contributed by atoms with Gasteiger partial charge in [0, 0.05) is 43.6 Å². The van der Waals surface area contributed by atoms with Gasteiger partial charge in [-0.05, 0) is 25.0 Å². The normalized spacial score (nSPS) is 17.7. The molecule has 0 radical (unpaired) electrons. The third kappa shape index (κ3) is 3.87. The highest BCUT2D eigenvalue weighted by Gasteiger charge is 2.30. The van der Waals surface area contributed by atoms with Crippen molar-refractivity contribution < 1.29 is 0 Å². The first kappa shape index (κ1) is 17.7. The fourth-order valence-electron chi connectivity index (χ4n) is 3.35. The molecule has 0 unspecified atom stereocenters. The number of pyridine rings is 1. The van der Waals surface area contributed by atoms with Crippen LogP contribution in [0.5, 0.6) is 0 Å². The minimum atomic E-state index is 0.0187. The van der Waals surface area contributed by atoms with E-state index in [0.717, 1.165) is 49.3 Å². The topological polar surface area (TPSA) is 68.9 Å². The first-order valence-corrected chi connectivity index (χ1v) is 9.70. The standard InChI is InChI=1S/C21H26N6/c1-21(2,3)17-13-19(25-20(24-17)15-7-8-15)27-11-9-26(10-12-27)18-6-4-5-16(14-22)23-18/h4-6,13,15H,7-12H2,1-3H3. The van der Waals surface area contributed by atoms with E-state index in [9.17, 15) is 0 Å². The van der Waals surface area contributed by atoms with E-state index < -0.39 is 0 Å². The zero-order valence-electron chi connectivity index (χ0n) is 16.3. The summed E-state index contributed by atoms with van der Waals surface area (Å²) in [6, 6.07) is 9.90. The first-order valence-electron chi connectivity index (χ1n) is 9.70. The number of piperazine rings is 1. The number of anilines is 2. The molecule has 2 aliphatic rings. The Hall–Kier alpha value is -2.68. The predicted octanol–water partition coefficient (Wildman–Crippen LogP) is 3.24. The minimum Gasteiger partial charge on any atom is -0.353 e. The first-order chi connectivity index (χ1) is 12.9. The predicted molar refractivity (Wildman–Crippen MR) is 106 cm³/mol. The largest absolute Gasteiger partial charge is 0.353 e. The number of nitrogens with zero attached hydrogens (tertiary/aromatic N) is 6. The minimum absolute atomic E-state index is 0.0187. The van der Waals surface area contributed by atoms with Gasteiger partial charge >= 0.3 is 0 Å². The van der Waals surface area contributed by atoms with Gasteiger partial charge in [-0.15, -0.1) is 0 Å². The SMILES string of the molecule is CC(C)(C)c1cc(N2CCN(c3cccc(C#N)n3)CC2)nc(C2CC2)n1. The zero-order chi connectivity index (χ0) is 19.0. The molecule has 0 spiro atoms. The molecule has 6 heteroatoms. The van der Waals surface area contributed by atoms with Crippen molar-refractivity contribution >= 4 is 11.6 Å². The van der Waals surface area contributed by atoms with E-state index in [4.69, 9.17) is 15.2 Å². The second-order valence-corrected chi connectivity index (χ2v) is 8.46. The second-order valence-electron chi connectivity index (χ2n) is 8.46. The highest BCUT2D eigenvalue weighted by molar-refractivity contribution is 5.47. The highest BCUT2D eigenvalue weighted by Crippen LogP contribution is 2.39.